The molecule has 1 amide bonds. The molecule has 1 aromatic carbocycles. The number of carbonyl (C=O) groups is 3. The van der Waals surface area contributed by atoms with E-state index in [4.69, 9.17) is 30.5 Å². The lowest BCUT2D eigenvalue weighted by molar-refractivity contribution is -0.292. The second kappa shape index (κ2) is 15.5. The third kappa shape index (κ3) is 9.51. The second-order valence-electron chi connectivity index (χ2n) is 14.3. The number of ether oxygens (including phenoxy) is 4. The zero-order chi connectivity index (χ0) is 42.2. The molecule has 13 nitrogen and oxygen atoms in total. The molecule has 1 aliphatic rings. The summed E-state index contributed by atoms with van der Waals surface area (Å²) in [5.41, 5.74) is -8.31. The molecule has 0 atom stereocenters. The van der Waals surface area contributed by atoms with Gasteiger partial charge in [0.1, 0.15) is 23.3 Å². The fraction of sp³-hybridized carbons (Fsp3) is 0.529. The summed E-state index contributed by atoms with van der Waals surface area (Å²) in [7, 11) is 0.722. The number of amides is 1. The number of nitriles is 1. The molecule has 0 bridgehead atoms. The van der Waals surface area contributed by atoms with Crippen molar-refractivity contribution < 1.29 is 68.5 Å². The number of esters is 1. The smallest absolute Gasteiger partial charge is 0.459 e. The molecule has 3 aromatic rings. The Kier molecular flexibility index (Phi) is 12.1. The molecule has 56 heavy (non-hydrogen) atoms. The van der Waals surface area contributed by atoms with E-state index in [-0.39, 0.29) is 59.1 Å². The highest BCUT2D eigenvalue weighted by molar-refractivity contribution is 6.34. The summed E-state index contributed by atoms with van der Waals surface area (Å²) in [5.74, 6) is -8.64. The molecule has 1 aliphatic carbocycles. The molecule has 22 heteroatoms. The predicted molar refractivity (Wildman–Crippen MR) is 177 cm³/mol. The number of rotatable bonds is 13. The van der Waals surface area contributed by atoms with E-state index in [0.717, 1.165) is 30.4 Å². The number of aromatic nitrogens is 4. The van der Waals surface area contributed by atoms with Crippen molar-refractivity contribution in [2.75, 3.05) is 26.6 Å². The van der Waals surface area contributed by atoms with Crippen LogP contribution in [-0.2, 0) is 42.9 Å². The molecule has 1 fully saturated rings. The quantitative estimate of drug-likeness (QED) is 0.0730. The maximum absolute atomic E-state index is 14.2. The second-order valence-corrected chi connectivity index (χ2v) is 14.7. The SMILES string of the molecule is Cn1nc(C(F)(F)C(F)(F)F)c(C(F)(F)F)c1-n1cc(-c2ccc(Cl)c(C(=O)N(COC(=O)OCCOCC(C)(C)C(=O)OC(C)(C)C)C3(C#N)CC3)c2)cn1. The lowest BCUT2D eigenvalue weighted by Crippen LogP contribution is -2.43. The zero-order valence-corrected chi connectivity index (χ0v) is 31.3. The van der Waals surface area contributed by atoms with Crippen molar-refractivity contribution >= 4 is 29.6 Å². The summed E-state index contributed by atoms with van der Waals surface area (Å²) < 4.78 is 131. The van der Waals surface area contributed by atoms with Gasteiger partial charge >= 0.3 is 30.4 Å². The first-order valence-electron chi connectivity index (χ1n) is 16.4. The van der Waals surface area contributed by atoms with E-state index in [2.05, 4.69) is 10.2 Å². The summed E-state index contributed by atoms with van der Waals surface area (Å²) in [6.45, 7) is 7.09. The average molecular weight is 827 g/mol. The summed E-state index contributed by atoms with van der Waals surface area (Å²) in [6.07, 6.45) is -11.2. The highest BCUT2D eigenvalue weighted by Crippen LogP contribution is 2.49. The molecule has 1 saturated carbocycles. The molecular weight excluding hydrogens is 792 g/mol. The van der Waals surface area contributed by atoms with Gasteiger partial charge in [0, 0.05) is 18.8 Å². The van der Waals surface area contributed by atoms with Crippen LogP contribution in [0.25, 0.3) is 16.9 Å². The summed E-state index contributed by atoms with van der Waals surface area (Å²) >= 11 is 6.33. The van der Waals surface area contributed by atoms with Gasteiger partial charge in [0.25, 0.3) is 5.91 Å². The molecule has 0 spiro atoms. The number of nitrogens with zero attached hydrogens (tertiary/aromatic N) is 6. The summed E-state index contributed by atoms with van der Waals surface area (Å²) in [4.78, 5) is 39.5. The number of benzene rings is 1. The third-order valence-electron chi connectivity index (χ3n) is 8.15. The summed E-state index contributed by atoms with van der Waals surface area (Å²) in [6, 6.07) is 5.68. The van der Waals surface area contributed by atoms with E-state index in [9.17, 15) is 54.8 Å². The van der Waals surface area contributed by atoms with E-state index >= 15 is 0 Å². The van der Waals surface area contributed by atoms with Gasteiger partial charge in [0.2, 0.25) is 0 Å². The predicted octanol–water partition coefficient (Wildman–Crippen LogP) is 7.59. The van der Waals surface area contributed by atoms with Crippen LogP contribution in [0, 0.1) is 16.7 Å². The van der Waals surface area contributed by atoms with Crippen molar-refractivity contribution in [1.82, 2.24) is 24.5 Å². The first-order valence-corrected chi connectivity index (χ1v) is 16.8. The Labute approximate surface area is 319 Å². The van der Waals surface area contributed by atoms with Crippen molar-refractivity contribution in [2.24, 2.45) is 12.5 Å². The van der Waals surface area contributed by atoms with Crippen LogP contribution >= 0.6 is 11.6 Å². The molecule has 2 heterocycles. The molecule has 4 rings (SSSR count). The monoisotopic (exact) mass is 826 g/mol. The van der Waals surface area contributed by atoms with Crippen molar-refractivity contribution in [1.29, 1.82) is 5.26 Å². The van der Waals surface area contributed by atoms with Crippen molar-refractivity contribution in [2.45, 2.75) is 76.9 Å². The first kappa shape index (κ1) is 43.8. The standard InChI is InChI=1S/C34H35ClF8N6O7/c1-29(2,3)56-27(51)30(4,5)17-53-11-12-54-28(52)55-18-48(31(16-44)9-10-31)26(50)21-13-19(7-8-22(21)35)20-14-45-49(15-20)25-23(33(38,39)40)24(46-47(25)6)32(36,37)34(41,42)43/h7-8,13-15H,9-12,17-18H2,1-6H3. The van der Waals surface area contributed by atoms with E-state index in [1.54, 1.807) is 34.6 Å². The molecule has 0 N–H and O–H groups in total. The molecule has 306 valence electrons. The molecule has 0 unspecified atom stereocenters. The van der Waals surface area contributed by atoms with Crippen LogP contribution in [0.2, 0.25) is 5.02 Å². The Morgan fingerprint density at radius 2 is 1.62 bits per heavy atom. The van der Waals surface area contributed by atoms with Crippen molar-refractivity contribution in [3.8, 4) is 23.0 Å². The lowest BCUT2D eigenvalue weighted by atomic mass is 9.95. The summed E-state index contributed by atoms with van der Waals surface area (Å²) in [5, 5.41) is 16.3. The maximum Gasteiger partial charge on any atom is 0.510 e. The largest absolute Gasteiger partial charge is 0.510 e. The van der Waals surface area contributed by atoms with Crippen LogP contribution in [0.3, 0.4) is 0 Å². The number of alkyl halides is 8. The first-order chi connectivity index (χ1) is 25.6. The van der Waals surface area contributed by atoms with Gasteiger partial charge in [-0.2, -0.15) is 50.6 Å². The highest BCUT2D eigenvalue weighted by atomic mass is 35.5. The van der Waals surface area contributed by atoms with E-state index in [1.165, 1.54) is 12.1 Å². The third-order valence-corrected chi connectivity index (χ3v) is 8.48. The van der Waals surface area contributed by atoms with Crippen LogP contribution in [0.4, 0.5) is 39.9 Å². The zero-order valence-electron chi connectivity index (χ0n) is 30.6. The molecule has 0 radical (unpaired) electrons. The number of hydrogen-bond donors (Lipinski definition) is 0. The van der Waals surface area contributed by atoms with Gasteiger partial charge in [-0.05, 0) is 65.2 Å². The Balaban J connectivity index is 1.50. The minimum Gasteiger partial charge on any atom is -0.459 e. The van der Waals surface area contributed by atoms with Crippen LogP contribution in [0.15, 0.2) is 30.6 Å². The van der Waals surface area contributed by atoms with Gasteiger partial charge in [-0.15, -0.1) is 0 Å². The Bertz CT molecular complexity index is 2010. The Morgan fingerprint density at radius 3 is 2.18 bits per heavy atom. The van der Waals surface area contributed by atoms with Gasteiger partial charge in [0.05, 0.1) is 41.5 Å². The van der Waals surface area contributed by atoms with Crippen LogP contribution in [-0.4, -0.2) is 86.4 Å². The van der Waals surface area contributed by atoms with Gasteiger partial charge in [-0.3, -0.25) is 14.5 Å². The van der Waals surface area contributed by atoms with Gasteiger partial charge < -0.3 is 18.9 Å². The van der Waals surface area contributed by atoms with E-state index in [0.29, 0.717) is 4.68 Å². The van der Waals surface area contributed by atoms with Crippen LogP contribution in [0.1, 0.15) is 69.1 Å². The Morgan fingerprint density at radius 1 is 0.982 bits per heavy atom. The highest BCUT2D eigenvalue weighted by Gasteiger charge is 2.64. The van der Waals surface area contributed by atoms with E-state index in [1.807, 2.05) is 6.07 Å². The Hall–Kier alpha value is -4.97. The minimum absolute atomic E-state index is 0.0429. The molecule has 2 aromatic heterocycles. The topological polar surface area (TPSA) is 151 Å². The normalized spacial score (nSPS) is 14.5. The maximum atomic E-state index is 14.2. The number of aryl methyl sites for hydroxylation is 1. The van der Waals surface area contributed by atoms with E-state index < -0.39 is 76.7 Å². The molecule has 0 aliphatic heterocycles. The number of hydrogen-bond acceptors (Lipinski definition) is 10. The van der Waals surface area contributed by atoms with Gasteiger partial charge in [-0.1, -0.05) is 17.7 Å². The van der Waals surface area contributed by atoms with Crippen molar-refractivity contribution in [3.63, 3.8) is 0 Å². The average Bonchev–Trinajstić information content (AvgIpc) is 3.54. The number of carbonyl (C=O) groups excluding carboxylic acids is 3. The molecular formula is C34H35ClF8N6O7. The van der Waals surface area contributed by atoms with Crippen LogP contribution < -0.4 is 0 Å². The molecule has 0 saturated heterocycles. The lowest BCUT2D eigenvalue weighted by Gasteiger charge is -2.28. The minimum atomic E-state index is -6.40. The van der Waals surface area contributed by atoms with Crippen LogP contribution in [0.5, 0.6) is 0 Å². The van der Waals surface area contributed by atoms with Gasteiger partial charge in [-0.25, -0.2) is 14.2 Å². The fourth-order valence-electron chi connectivity index (χ4n) is 5.08. The van der Waals surface area contributed by atoms with Crippen molar-refractivity contribution in [3.05, 3.63) is 52.4 Å². The van der Waals surface area contributed by atoms with Gasteiger partial charge in [0.15, 0.2) is 18.2 Å². The fourth-order valence-corrected chi connectivity index (χ4v) is 5.28. The number of halogens is 9.